The molecular formula is C17H14BrN3O. The first kappa shape index (κ1) is 14.5. The van der Waals surface area contributed by atoms with Gasteiger partial charge < -0.3 is 5.32 Å². The van der Waals surface area contributed by atoms with E-state index in [0.717, 1.165) is 27.0 Å². The van der Waals surface area contributed by atoms with Crippen LogP contribution in [0.2, 0.25) is 0 Å². The standard InChI is InChI=1S/C17H14BrN3O/c1-11-3-2-4-14(9-11)19-17(22)16-10-15(20-21-16)12-5-7-13(18)8-6-12/h2-10H,1H3,(H,19,22)(H,20,21). The highest BCUT2D eigenvalue weighted by Crippen LogP contribution is 2.21. The number of hydrogen-bond acceptors (Lipinski definition) is 2. The molecule has 0 saturated carbocycles. The fourth-order valence-electron chi connectivity index (χ4n) is 2.13. The third kappa shape index (κ3) is 3.26. The Bertz CT molecular complexity index is 809. The summed E-state index contributed by atoms with van der Waals surface area (Å²) in [5.74, 6) is -0.207. The summed E-state index contributed by atoms with van der Waals surface area (Å²) >= 11 is 3.40. The van der Waals surface area contributed by atoms with Gasteiger partial charge in [0.15, 0.2) is 0 Å². The molecule has 0 aliphatic heterocycles. The summed E-state index contributed by atoms with van der Waals surface area (Å²) in [4.78, 5) is 12.2. The largest absolute Gasteiger partial charge is 0.321 e. The van der Waals surface area contributed by atoms with Gasteiger partial charge in [0, 0.05) is 15.7 Å². The summed E-state index contributed by atoms with van der Waals surface area (Å²) in [5, 5.41) is 9.83. The number of H-pyrrole nitrogens is 1. The van der Waals surface area contributed by atoms with Crippen molar-refractivity contribution in [3.8, 4) is 11.3 Å². The molecule has 1 aromatic heterocycles. The van der Waals surface area contributed by atoms with Crippen LogP contribution in [0.4, 0.5) is 5.69 Å². The Morgan fingerprint density at radius 1 is 1.14 bits per heavy atom. The lowest BCUT2D eigenvalue weighted by atomic mass is 10.1. The van der Waals surface area contributed by atoms with Crippen molar-refractivity contribution in [2.75, 3.05) is 5.32 Å². The van der Waals surface area contributed by atoms with Crippen molar-refractivity contribution in [2.24, 2.45) is 0 Å². The van der Waals surface area contributed by atoms with E-state index in [9.17, 15) is 4.79 Å². The van der Waals surface area contributed by atoms with Crippen molar-refractivity contribution in [1.82, 2.24) is 10.2 Å². The number of rotatable bonds is 3. The van der Waals surface area contributed by atoms with E-state index in [4.69, 9.17) is 0 Å². The number of aromatic nitrogens is 2. The van der Waals surface area contributed by atoms with Crippen molar-refractivity contribution in [1.29, 1.82) is 0 Å². The zero-order valence-corrected chi connectivity index (χ0v) is 13.5. The number of carbonyl (C=O) groups is 1. The Kier molecular flexibility index (Phi) is 4.06. The third-order valence-electron chi connectivity index (χ3n) is 3.24. The SMILES string of the molecule is Cc1cccc(NC(=O)c2cc(-c3ccc(Br)cc3)n[nH]2)c1. The second-order valence-corrected chi connectivity index (χ2v) is 5.91. The number of aromatic amines is 1. The molecule has 1 heterocycles. The fourth-order valence-corrected chi connectivity index (χ4v) is 2.39. The van der Waals surface area contributed by atoms with Gasteiger partial charge >= 0.3 is 0 Å². The lowest BCUT2D eigenvalue weighted by Gasteiger charge is -2.03. The second-order valence-electron chi connectivity index (χ2n) is 5.00. The van der Waals surface area contributed by atoms with Crippen LogP contribution in [-0.4, -0.2) is 16.1 Å². The smallest absolute Gasteiger partial charge is 0.273 e. The van der Waals surface area contributed by atoms with Crippen LogP contribution < -0.4 is 5.32 Å². The summed E-state index contributed by atoms with van der Waals surface area (Å²) in [6, 6.07) is 17.2. The summed E-state index contributed by atoms with van der Waals surface area (Å²) in [6.07, 6.45) is 0. The molecule has 0 saturated heterocycles. The molecule has 1 amide bonds. The topological polar surface area (TPSA) is 57.8 Å². The first-order chi connectivity index (χ1) is 10.6. The quantitative estimate of drug-likeness (QED) is 0.731. The lowest BCUT2D eigenvalue weighted by molar-refractivity contribution is 0.102. The van der Waals surface area contributed by atoms with Crippen LogP contribution >= 0.6 is 15.9 Å². The average molecular weight is 356 g/mol. The van der Waals surface area contributed by atoms with Gasteiger partial charge in [0.25, 0.3) is 5.91 Å². The van der Waals surface area contributed by atoms with Crippen LogP contribution in [0.1, 0.15) is 16.1 Å². The maximum atomic E-state index is 12.2. The number of halogens is 1. The highest BCUT2D eigenvalue weighted by atomic mass is 79.9. The molecule has 0 aliphatic rings. The van der Waals surface area contributed by atoms with Gasteiger partial charge in [-0.1, -0.05) is 40.2 Å². The van der Waals surface area contributed by atoms with Crippen molar-refractivity contribution >= 4 is 27.5 Å². The van der Waals surface area contributed by atoms with Crippen molar-refractivity contribution in [3.05, 3.63) is 70.3 Å². The van der Waals surface area contributed by atoms with Gasteiger partial charge in [0.1, 0.15) is 5.69 Å². The Labute approximate surface area is 136 Å². The molecule has 0 radical (unpaired) electrons. The van der Waals surface area contributed by atoms with Gasteiger partial charge in [0.05, 0.1) is 5.69 Å². The van der Waals surface area contributed by atoms with E-state index in [2.05, 4.69) is 31.4 Å². The van der Waals surface area contributed by atoms with Crippen LogP contribution in [0.25, 0.3) is 11.3 Å². The maximum Gasteiger partial charge on any atom is 0.273 e. The second kappa shape index (κ2) is 6.15. The molecule has 3 rings (SSSR count). The Morgan fingerprint density at radius 3 is 2.64 bits per heavy atom. The van der Waals surface area contributed by atoms with E-state index in [1.165, 1.54) is 0 Å². The molecule has 110 valence electrons. The van der Waals surface area contributed by atoms with E-state index in [1.807, 2.05) is 55.5 Å². The molecule has 0 fully saturated rings. The molecule has 0 bridgehead atoms. The van der Waals surface area contributed by atoms with Crippen LogP contribution in [-0.2, 0) is 0 Å². The van der Waals surface area contributed by atoms with E-state index >= 15 is 0 Å². The number of benzene rings is 2. The fraction of sp³-hybridized carbons (Fsp3) is 0.0588. The number of nitrogens with zero attached hydrogens (tertiary/aromatic N) is 1. The number of amides is 1. The predicted molar refractivity (Wildman–Crippen MR) is 90.9 cm³/mol. The molecule has 0 aliphatic carbocycles. The van der Waals surface area contributed by atoms with Crippen LogP contribution in [0, 0.1) is 6.92 Å². The minimum atomic E-state index is -0.207. The normalized spacial score (nSPS) is 10.5. The van der Waals surface area contributed by atoms with Gasteiger partial charge in [-0.25, -0.2) is 0 Å². The molecule has 0 unspecified atom stereocenters. The van der Waals surface area contributed by atoms with E-state index in [-0.39, 0.29) is 5.91 Å². The monoisotopic (exact) mass is 355 g/mol. The number of carbonyl (C=O) groups excluding carboxylic acids is 1. The van der Waals surface area contributed by atoms with Gasteiger partial charge in [-0.05, 0) is 42.8 Å². The highest BCUT2D eigenvalue weighted by molar-refractivity contribution is 9.10. The van der Waals surface area contributed by atoms with Crippen LogP contribution in [0.3, 0.4) is 0 Å². The van der Waals surface area contributed by atoms with E-state index in [0.29, 0.717) is 5.69 Å². The molecule has 0 atom stereocenters. The third-order valence-corrected chi connectivity index (χ3v) is 3.77. The zero-order chi connectivity index (χ0) is 15.5. The van der Waals surface area contributed by atoms with Crippen molar-refractivity contribution in [2.45, 2.75) is 6.92 Å². The molecule has 3 aromatic rings. The van der Waals surface area contributed by atoms with Crippen LogP contribution in [0.15, 0.2) is 59.1 Å². The summed E-state index contributed by atoms with van der Waals surface area (Å²) in [7, 11) is 0. The van der Waals surface area contributed by atoms with Crippen molar-refractivity contribution < 1.29 is 4.79 Å². The minimum Gasteiger partial charge on any atom is -0.321 e. The molecule has 2 N–H and O–H groups in total. The van der Waals surface area contributed by atoms with Gasteiger partial charge in [-0.3, -0.25) is 9.89 Å². The molecular weight excluding hydrogens is 342 g/mol. The van der Waals surface area contributed by atoms with Gasteiger partial charge in [-0.15, -0.1) is 0 Å². The highest BCUT2D eigenvalue weighted by Gasteiger charge is 2.11. The van der Waals surface area contributed by atoms with Crippen molar-refractivity contribution in [3.63, 3.8) is 0 Å². The Morgan fingerprint density at radius 2 is 1.91 bits per heavy atom. The Balaban J connectivity index is 1.78. The Hall–Kier alpha value is -2.40. The summed E-state index contributed by atoms with van der Waals surface area (Å²) in [6.45, 7) is 1.98. The number of hydrogen-bond donors (Lipinski definition) is 2. The number of aryl methyl sites for hydroxylation is 1. The van der Waals surface area contributed by atoms with E-state index in [1.54, 1.807) is 6.07 Å². The minimum absolute atomic E-state index is 0.207. The molecule has 0 spiro atoms. The van der Waals surface area contributed by atoms with Crippen LogP contribution in [0.5, 0.6) is 0 Å². The first-order valence-electron chi connectivity index (χ1n) is 6.81. The summed E-state index contributed by atoms with van der Waals surface area (Å²) < 4.78 is 1.00. The zero-order valence-electron chi connectivity index (χ0n) is 11.9. The lowest BCUT2D eigenvalue weighted by Crippen LogP contribution is -2.12. The molecule has 5 heteroatoms. The van der Waals surface area contributed by atoms with Gasteiger partial charge in [-0.2, -0.15) is 5.10 Å². The summed E-state index contributed by atoms with van der Waals surface area (Å²) in [5.41, 5.74) is 3.98. The average Bonchev–Trinajstić information content (AvgIpc) is 2.98. The number of anilines is 1. The molecule has 2 aromatic carbocycles. The maximum absolute atomic E-state index is 12.2. The molecule has 22 heavy (non-hydrogen) atoms. The molecule has 4 nitrogen and oxygen atoms in total. The first-order valence-corrected chi connectivity index (χ1v) is 7.60. The number of nitrogens with one attached hydrogen (secondary N) is 2. The predicted octanol–water partition coefficient (Wildman–Crippen LogP) is 4.40. The van der Waals surface area contributed by atoms with E-state index < -0.39 is 0 Å². The van der Waals surface area contributed by atoms with Gasteiger partial charge in [0.2, 0.25) is 0 Å².